The third-order valence-electron chi connectivity index (χ3n) is 2.84. The van der Waals surface area contributed by atoms with E-state index < -0.39 is 18.0 Å². The first-order chi connectivity index (χ1) is 11.2. The predicted molar refractivity (Wildman–Crippen MR) is 85.5 cm³/mol. The number of carbonyl (C=O) groups is 2. The van der Waals surface area contributed by atoms with Crippen LogP contribution in [0.2, 0.25) is 10.0 Å². The van der Waals surface area contributed by atoms with Crippen LogP contribution in [0, 0.1) is 0 Å². The lowest BCUT2D eigenvalue weighted by atomic mass is 10.2. The maximum Gasteiger partial charge on any atom is 0.471 e. The van der Waals surface area contributed by atoms with Crippen LogP contribution >= 0.6 is 23.2 Å². The summed E-state index contributed by atoms with van der Waals surface area (Å²) in [5.41, 5.74) is 0.541. The van der Waals surface area contributed by atoms with Crippen LogP contribution in [-0.2, 0) is 4.79 Å². The van der Waals surface area contributed by atoms with E-state index >= 15 is 0 Å². The van der Waals surface area contributed by atoms with Gasteiger partial charge in [-0.15, -0.1) is 0 Å². The number of anilines is 2. The van der Waals surface area contributed by atoms with Crippen molar-refractivity contribution in [2.45, 2.75) is 6.18 Å². The zero-order chi connectivity index (χ0) is 17.9. The van der Waals surface area contributed by atoms with E-state index in [0.717, 1.165) is 0 Å². The van der Waals surface area contributed by atoms with Gasteiger partial charge in [0.2, 0.25) is 0 Å². The molecule has 0 aromatic heterocycles. The Kier molecular flexibility index (Phi) is 5.36. The van der Waals surface area contributed by atoms with Crippen LogP contribution in [0.5, 0.6) is 0 Å². The molecule has 4 nitrogen and oxygen atoms in total. The number of hydrogen-bond donors (Lipinski definition) is 2. The van der Waals surface area contributed by atoms with Crippen molar-refractivity contribution in [1.29, 1.82) is 0 Å². The number of halogens is 5. The van der Waals surface area contributed by atoms with E-state index in [9.17, 15) is 22.8 Å². The third kappa shape index (κ3) is 4.62. The van der Waals surface area contributed by atoms with Crippen LogP contribution in [0.4, 0.5) is 24.5 Å². The van der Waals surface area contributed by atoms with E-state index in [2.05, 4.69) is 5.32 Å². The van der Waals surface area contributed by atoms with Crippen LogP contribution < -0.4 is 10.6 Å². The lowest BCUT2D eigenvalue weighted by molar-refractivity contribution is -0.167. The summed E-state index contributed by atoms with van der Waals surface area (Å²) in [7, 11) is 0. The average molecular weight is 377 g/mol. The van der Waals surface area contributed by atoms with Crippen molar-refractivity contribution in [3.8, 4) is 0 Å². The molecule has 2 aromatic carbocycles. The van der Waals surface area contributed by atoms with E-state index in [1.165, 1.54) is 42.5 Å². The molecule has 0 unspecified atom stereocenters. The molecule has 0 aliphatic carbocycles. The highest BCUT2D eigenvalue weighted by Gasteiger charge is 2.38. The smallest absolute Gasteiger partial charge is 0.322 e. The van der Waals surface area contributed by atoms with Gasteiger partial charge in [-0.25, -0.2) is 0 Å². The summed E-state index contributed by atoms with van der Waals surface area (Å²) in [6, 6.07) is 9.48. The molecule has 0 fully saturated rings. The number of alkyl halides is 3. The molecule has 0 aliphatic heterocycles. The zero-order valence-corrected chi connectivity index (χ0v) is 13.3. The van der Waals surface area contributed by atoms with Gasteiger partial charge < -0.3 is 10.6 Å². The van der Waals surface area contributed by atoms with Crippen molar-refractivity contribution in [3.05, 3.63) is 58.1 Å². The Labute approximate surface area is 144 Å². The van der Waals surface area contributed by atoms with E-state index in [-0.39, 0.29) is 16.3 Å². The van der Waals surface area contributed by atoms with Crippen molar-refractivity contribution in [1.82, 2.24) is 0 Å². The van der Waals surface area contributed by atoms with Gasteiger partial charge in [-0.2, -0.15) is 13.2 Å². The van der Waals surface area contributed by atoms with Crippen molar-refractivity contribution >= 4 is 46.4 Å². The largest absolute Gasteiger partial charge is 0.471 e. The summed E-state index contributed by atoms with van der Waals surface area (Å²) in [6.07, 6.45) is -4.97. The minimum absolute atomic E-state index is 0.0511. The van der Waals surface area contributed by atoms with Crippen molar-refractivity contribution in [3.63, 3.8) is 0 Å². The van der Waals surface area contributed by atoms with Crippen molar-refractivity contribution < 1.29 is 22.8 Å². The number of amides is 2. The second kappa shape index (κ2) is 7.11. The van der Waals surface area contributed by atoms with Gasteiger partial charge >= 0.3 is 12.1 Å². The van der Waals surface area contributed by atoms with Gasteiger partial charge in [-0.3, -0.25) is 9.59 Å². The minimum Gasteiger partial charge on any atom is -0.322 e. The highest BCUT2D eigenvalue weighted by atomic mass is 35.5. The van der Waals surface area contributed by atoms with Crippen LogP contribution in [-0.4, -0.2) is 18.0 Å². The number of benzene rings is 2. The Morgan fingerprint density at radius 2 is 1.38 bits per heavy atom. The van der Waals surface area contributed by atoms with Crippen LogP contribution in [0.25, 0.3) is 0 Å². The van der Waals surface area contributed by atoms with Gasteiger partial charge in [-0.1, -0.05) is 23.2 Å². The molecule has 0 heterocycles. The van der Waals surface area contributed by atoms with Crippen LogP contribution in [0.3, 0.4) is 0 Å². The first-order valence-electron chi connectivity index (χ1n) is 6.41. The zero-order valence-electron chi connectivity index (χ0n) is 11.7. The molecule has 2 amide bonds. The normalized spacial score (nSPS) is 11.0. The molecule has 9 heteroatoms. The summed E-state index contributed by atoms with van der Waals surface area (Å²) in [4.78, 5) is 22.9. The Hall–Kier alpha value is -2.25. The Balaban J connectivity index is 2.04. The molecule has 0 saturated heterocycles. The Morgan fingerprint density at radius 1 is 0.833 bits per heavy atom. The summed E-state index contributed by atoms with van der Waals surface area (Å²) in [6.45, 7) is 0. The molecule has 0 atom stereocenters. The fourth-order valence-corrected chi connectivity index (χ4v) is 1.98. The lowest BCUT2D eigenvalue weighted by Gasteiger charge is -2.09. The molecule has 2 N–H and O–H groups in total. The predicted octanol–water partition coefficient (Wildman–Crippen LogP) is 4.75. The monoisotopic (exact) mass is 376 g/mol. The first-order valence-corrected chi connectivity index (χ1v) is 7.17. The topological polar surface area (TPSA) is 58.2 Å². The average Bonchev–Trinajstić information content (AvgIpc) is 2.51. The molecule has 0 bridgehead atoms. The summed E-state index contributed by atoms with van der Waals surface area (Å²) in [5, 5.41) is 4.76. The molecule has 0 saturated carbocycles. The van der Waals surface area contributed by atoms with Gasteiger partial charge in [-0.05, 0) is 42.5 Å². The van der Waals surface area contributed by atoms with E-state index in [0.29, 0.717) is 10.7 Å². The van der Waals surface area contributed by atoms with E-state index in [1.807, 2.05) is 0 Å². The second-order valence-electron chi connectivity index (χ2n) is 4.61. The molecule has 0 aliphatic rings. The number of carbonyl (C=O) groups excluding carboxylic acids is 2. The van der Waals surface area contributed by atoms with Gasteiger partial charge in [0.15, 0.2) is 0 Å². The molecular weight excluding hydrogens is 368 g/mol. The minimum atomic E-state index is -4.97. The SMILES string of the molecule is O=C(Nc1ccc(NC(=O)C(F)(F)F)cc1)c1ccc(Cl)c(Cl)c1. The highest BCUT2D eigenvalue weighted by Crippen LogP contribution is 2.24. The van der Waals surface area contributed by atoms with Crippen molar-refractivity contribution in [2.24, 2.45) is 0 Å². The van der Waals surface area contributed by atoms with E-state index in [4.69, 9.17) is 23.2 Å². The lowest BCUT2D eigenvalue weighted by Crippen LogP contribution is -2.29. The number of nitrogens with one attached hydrogen (secondary N) is 2. The summed E-state index contributed by atoms with van der Waals surface area (Å²) in [5.74, 6) is -2.55. The maximum atomic E-state index is 12.1. The number of rotatable bonds is 3. The molecule has 2 aromatic rings. The quantitative estimate of drug-likeness (QED) is 0.812. The van der Waals surface area contributed by atoms with Gasteiger partial charge in [0, 0.05) is 16.9 Å². The summed E-state index contributed by atoms with van der Waals surface area (Å²) < 4.78 is 36.4. The second-order valence-corrected chi connectivity index (χ2v) is 5.43. The van der Waals surface area contributed by atoms with Gasteiger partial charge in [0.1, 0.15) is 0 Å². The first kappa shape index (κ1) is 18.1. The van der Waals surface area contributed by atoms with Gasteiger partial charge in [0.05, 0.1) is 10.0 Å². The fraction of sp³-hybridized carbons (Fsp3) is 0.0667. The molecule has 0 spiro atoms. The van der Waals surface area contributed by atoms with Crippen LogP contribution in [0.15, 0.2) is 42.5 Å². The number of hydrogen-bond acceptors (Lipinski definition) is 2. The van der Waals surface area contributed by atoms with Gasteiger partial charge in [0.25, 0.3) is 5.91 Å². The Bertz CT molecular complexity index is 777. The standard InChI is InChI=1S/C15H9Cl2F3N2O2/c16-11-6-1-8(7-12(11)17)13(23)21-9-2-4-10(5-3-9)22-14(24)15(18,19)20/h1-7H,(H,21,23)(H,22,24). The molecule has 2 rings (SSSR count). The Morgan fingerprint density at radius 3 is 1.88 bits per heavy atom. The summed E-state index contributed by atoms with van der Waals surface area (Å²) >= 11 is 11.6. The van der Waals surface area contributed by atoms with E-state index in [1.54, 1.807) is 5.32 Å². The third-order valence-corrected chi connectivity index (χ3v) is 3.58. The maximum absolute atomic E-state index is 12.1. The highest BCUT2D eigenvalue weighted by molar-refractivity contribution is 6.42. The molecular formula is C15H9Cl2F3N2O2. The molecule has 0 radical (unpaired) electrons. The fourth-order valence-electron chi connectivity index (χ4n) is 1.68. The molecule has 24 heavy (non-hydrogen) atoms. The molecule has 126 valence electrons. The van der Waals surface area contributed by atoms with Crippen LogP contribution in [0.1, 0.15) is 10.4 Å². The van der Waals surface area contributed by atoms with Crippen molar-refractivity contribution in [2.75, 3.05) is 10.6 Å².